The number of rotatable bonds is 4. The first-order chi connectivity index (χ1) is 8.47. The van der Waals surface area contributed by atoms with Crippen molar-refractivity contribution in [3.05, 3.63) is 22.4 Å². The van der Waals surface area contributed by atoms with E-state index in [1.807, 2.05) is 13.8 Å². The number of carboxylic acids is 1. The normalized spacial score (nSPS) is 26.7. The molecule has 0 aliphatic carbocycles. The molecule has 1 aliphatic heterocycles. The number of carboxylic acid groups (broad SMARTS) is 1. The molecule has 0 amide bonds. The van der Waals surface area contributed by atoms with Crippen LogP contribution in [-0.4, -0.2) is 29.1 Å². The van der Waals surface area contributed by atoms with Crippen LogP contribution in [0.25, 0.3) is 0 Å². The van der Waals surface area contributed by atoms with Gasteiger partial charge in [-0.2, -0.15) is 0 Å². The number of carbonyl (C=O) groups is 1. The Morgan fingerprint density at radius 2 is 2.22 bits per heavy atom. The maximum atomic E-state index is 11.6. The quantitative estimate of drug-likeness (QED) is 0.910. The van der Waals surface area contributed by atoms with Crippen LogP contribution in [0.5, 0.6) is 0 Å². The van der Waals surface area contributed by atoms with Crippen molar-refractivity contribution < 1.29 is 9.90 Å². The second kappa shape index (κ2) is 5.02. The summed E-state index contributed by atoms with van der Waals surface area (Å²) in [4.78, 5) is 15.2. The van der Waals surface area contributed by atoms with E-state index >= 15 is 0 Å². The first kappa shape index (κ1) is 13.6. The van der Waals surface area contributed by atoms with Gasteiger partial charge in [0.1, 0.15) is 0 Å². The lowest BCUT2D eigenvalue weighted by molar-refractivity contribution is -0.151. The predicted octanol–water partition coefficient (Wildman–Crippen LogP) is 3.24. The molecule has 1 N–H and O–H groups in total. The molecule has 100 valence electrons. The van der Waals surface area contributed by atoms with Crippen molar-refractivity contribution in [1.82, 2.24) is 4.90 Å². The van der Waals surface area contributed by atoms with Crippen molar-refractivity contribution in [2.45, 2.75) is 33.2 Å². The van der Waals surface area contributed by atoms with E-state index in [0.29, 0.717) is 12.6 Å². The monoisotopic (exact) mass is 267 g/mol. The highest BCUT2D eigenvalue weighted by molar-refractivity contribution is 7.10. The highest BCUT2D eigenvalue weighted by atomic mass is 32.1. The van der Waals surface area contributed by atoms with E-state index in [-0.39, 0.29) is 5.92 Å². The molecule has 0 radical (unpaired) electrons. The standard InChI is InChI=1S/C14H21NO2S/c1-10(2)14(13(16)17)6-7-15(9-14)11(3)12-5-4-8-18-12/h4-5,8,10-11H,6-7,9H2,1-3H3,(H,16,17). The fraction of sp³-hybridized carbons (Fsp3) is 0.643. The van der Waals surface area contributed by atoms with Crippen molar-refractivity contribution in [1.29, 1.82) is 0 Å². The number of likely N-dealkylation sites (tertiary alicyclic amines) is 1. The Morgan fingerprint density at radius 3 is 2.67 bits per heavy atom. The van der Waals surface area contributed by atoms with Gasteiger partial charge in [-0.15, -0.1) is 11.3 Å². The first-order valence-electron chi connectivity index (χ1n) is 6.48. The molecular formula is C14H21NO2S. The number of thiophene rings is 1. The lowest BCUT2D eigenvalue weighted by Crippen LogP contribution is -2.39. The van der Waals surface area contributed by atoms with E-state index in [0.717, 1.165) is 13.0 Å². The Morgan fingerprint density at radius 1 is 1.50 bits per heavy atom. The van der Waals surface area contributed by atoms with Gasteiger partial charge in [0.25, 0.3) is 0 Å². The maximum absolute atomic E-state index is 11.6. The Labute approximate surface area is 112 Å². The molecule has 0 saturated carbocycles. The Bertz CT molecular complexity index is 415. The minimum Gasteiger partial charge on any atom is -0.481 e. The third-order valence-corrected chi connectivity index (χ3v) is 5.41. The second-order valence-corrected chi connectivity index (χ2v) is 6.51. The summed E-state index contributed by atoms with van der Waals surface area (Å²) in [6.07, 6.45) is 0.760. The fourth-order valence-electron chi connectivity index (χ4n) is 2.80. The van der Waals surface area contributed by atoms with Gasteiger partial charge in [-0.1, -0.05) is 19.9 Å². The molecule has 1 aliphatic rings. The van der Waals surface area contributed by atoms with Gasteiger partial charge in [-0.3, -0.25) is 9.69 Å². The number of hydrogen-bond donors (Lipinski definition) is 1. The van der Waals surface area contributed by atoms with E-state index in [2.05, 4.69) is 29.3 Å². The van der Waals surface area contributed by atoms with Gasteiger partial charge < -0.3 is 5.11 Å². The van der Waals surface area contributed by atoms with Crippen molar-refractivity contribution in [3.63, 3.8) is 0 Å². The largest absolute Gasteiger partial charge is 0.481 e. The minimum atomic E-state index is -0.640. The average Bonchev–Trinajstić information content (AvgIpc) is 2.98. The molecule has 0 aromatic carbocycles. The van der Waals surface area contributed by atoms with Crippen LogP contribution in [0, 0.1) is 11.3 Å². The predicted molar refractivity (Wildman–Crippen MR) is 73.8 cm³/mol. The van der Waals surface area contributed by atoms with E-state index in [1.165, 1.54) is 4.88 Å². The molecule has 2 heterocycles. The Hall–Kier alpha value is -0.870. The highest BCUT2D eigenvalue weighted by Crippen LogP contribution is 2.41. The van der Waals surface area contributed by atoms with Crippen LogP contribution in [0.3, 0.4) is 0 Å². The van der Waals surface area contributed by atoms with E-state index in [1.54, 1.807) is 11.3 Å². The summed E-state index contributed by atoms with van der Waals surface area (Å²) < 4.78 is 0. The van der Waals surface area contributed by atoms with Gasteiger partial charge in [0, 0.05) is 17.5 Å². The molecule has 4 heteroatoms. The highest BCUT2D eigenvalue weighted by Gasteiger charge is 2.48. The summed E-state index contributed by atoms with van der Waals surface area (Å²) in [5.74, 6) is -0.464. The Balaban J connectivity index is 2.14. The van der Waals surface area contributed by atoms with Crippen LogP contribution < -0.4 is 0 Å². The Kier molecular flexibility index (Phi) is 3.78. The van der Waals surface area contributed by atoms with Crippen LogP contribution in [0.1, 0.15) is 38.1 Å². The van der Waals surface area contributed by atoms with Crippen LogP contribution in [0.4, 0.5) is 0 Å². The summed E-state index contributed by atoms with van der Waals surface area (Å²) in [7, 11) is 0. The summed E-state index contributed by atoms with van der Waals surface area (Å²) in [5, 5.41) is 11.6. The van der Waals surface area contributed by atoms with Gasteiger partial charge in [0.05, 0.1) is 5.41 Å². The average molecular weight is 267 g/mol. The van der Waals surface area contributed by atoms with Crippen LogP contribution in [-0.2, 0) is 4.79 Å². The van der Waals surface area contributed by atoms with Gasteiger partial charge in [0.2, 0.25) is 0 Å². The molecule has 1 aromatic rings. The fourth-order valence-corrected chi connectivity index (χ4v) is 3.61. The van der Waals surface area contributed by atoms with Gasteiger partial charge in [0.15, 0.2) is 0 Å². The molecule has 2 atom stereocenters. The summed E-state index contributed by atoms with van der Waals surface area (Å²) in [6, 6.07) is 4.51. The second-order valence-electron chi connectivity index (χ2n) is 5.53. The lowest BCUT2D eigenvalue weighted by Gasteiger charge is -2.30. The van der Waals surface area contributed by atoms with Gasteiger partial charge in [-0.05, 0) is 37.3 Å². The molecule has 0 bridgehead atoms. The molecule has 1 aromatic heterocycles. The third kappa shape index (κ3) is 2.19. The van der Waals surface area contributed by atoms with Crippen LogP contribution in [0.2, 0.25) is 0 Å². The van der Waals surface area contributed by atoms with Crippen LogP contribution >= 0.6 is 11.3 Å². The topological polar surface area (TPSA) is 40.5 Å². The van der Waals surface area contributed by atoms with E-state index in [4.69, 9.17) is 0 Å². The molecular weight excluding hydrogens is 246 g/mol. The molecule has 18 heavy (non-hydrogen) atoms. The van der Waals surface area contributed by atoms with Crippen LogP contribution in [0.15, 0.2) is 17.5 Å². The maximum Gasteiger partial charge on any atom is 0.311 e. The zero-order chi connectivity index (χ0) is 13.3. The molecule has 2 unspecified atom stereocenters. The minimum absolute atomic E-state index is 0.176. The van der Waals surface area contributed by atoms with Crippen molar-refractivity contribution in [3.8, 4) is 0 Å². The third-order valence-electron chi connectivity index (χ3n) is 4.36. The van der Waals surface area contributed by atoms with Crippen molar-refractivity contribution in [2.75, 3.05) is 13.1 Å². The zero-order valence-corrected chi connectivity index (χ0v) is 12.0. The van der Waals surface area contributed by atoms with Crippen molar-refractivity contribution in [2.24, 2.45) is 11.3 Å². The molecule has 1 saturated heterocycles. The number of hydrogen-bond acceptors (Lipinski definition) is 3. The molecule has 0 spiro atoms. The van der Waals surface area contributed by atoms with Gasteiger partial charge >= 0.3 is 5.97 Å². The zero-order valence-electron chi connectivity index (χ0n) is 11.2. The lowest BCUT2D eigenvalue weighted by atomic mass is 9.76. The van der Waals surface area contributed by atoms with E-state index in [9.17, 15) is 9.90 Å². The molecule has 1 fully saturated rings. The molecule has 2 rings (SSSR count). The summed E-state index contributed by atoms with van der Waals surface area (Å²) >= 11 is 1.75. The SMILES string of the molecule is CC(c1cccs1)N1CCC(C(=O)O)(C(C)C)C1. The van der Waals surface area contributed by atoms with E-state index < -0.39 is 11.4 Å². The number of nitrogens with zero attached hydrogens (tertiary/aromatic N) is 1. The first-order valence-corrected chi connectivity index (χ1v) is 7.36. The smallest absolute Gasteiger partial charge is 0.311 e. The number of aliphatic carboxylic acids is 1. The molecule has 3 nitrogen and oxygen atoms in total. The summed E-state index contributed by atoms with van der Waals surface area (Å²) in [6.45, 7) is 7.76. The van der Waals surface area contributed by atoms with Crippen molar-refractivity contribution >= 4 is 17.3 Å². The van der Waals surface area contributed by atoms with Gasteiger partial charge in [-0.25, -0.2) is 0 Å². The summed E-state index contributed by atoms with van der Waals surface area (Å²) in [5.41, 5.74) is -0.564.